The van der Waals surface area contributed by atoms with Crippen molar-refractivity contribution in [1.29, 1.82) is 0 Å². The molecular weight excluding hydrogens is 232 g/mol. The van der Waals surface area contributed by atoms with Crippen LogP contribution in [0.15, 0.2) is 18.2 Å². The summed E-state index contributed by atoms with van der Waals surface area (Å²) >= 11 is 0. The van der Waals surface area contributed by atoms with Crippen LogP contribution in [0.4, 0.5) is 0 Å². The van der Waals surface area contributed by atoms with E-state index in [1.54, 1.807) is 0 Å². The number of amides is 1. The standard InChI is InChI=1S/C13H20N2O3/c1-8(2)6-9(7-14)15-13(18)10-4-3-5-11(16)12(10)17/h3-5,8-9,16-17H,6-7,14H2,1-2H3,(H,15,18). The van der Waals surface area contributed by atoms with Gasteiger partial charge in [0, 0.05) is 12.6 Å². The maximum absolute atomic E-state index is 11.9. The fourth-order valence-corrected chi connectivity index (χ4v) is 1.76. The van der Waals surface area contributed by atoms with Crippen LogP contribution in [0.25, 0.3) is 0 Å². The third-order valence-corrected chi connectivity index (χ3v) is 2.64. The minimum Gasteiger partial charge on any atom is -0.504 e. The molecule has 0 spiro atoms. The zero-order chi connectivity index (χ0) is 13.7. The predicted octanol–water partition coefficient (Wildman–Crippen LogP) is 1.20. The highest BCUT2D eigenvalue weighted by molar-refractivity contribution is 5.97. The molecule has 1 atom stereocenters. The Morgan fingerprint density at radius 1 is 1.39 bits per heavy atom. The van der Waals surface area contributed by atoms with Crippen LogP contribution in [0, 0.1) is 5.92 Å². The first kappa shape index (κ1) is 14.3. The van der Waals surface area contributed by atoms with Crippen LogP contribution in [0.3, 0.4) is 0 Å². The summed E-state index contributed by atoms with van der Waals surface area (Å²) in [6.45, 7) is 4.42. The first-order valence-electron chi connectivity index (χ1n) is 5.97. The average molecular weight is 252 g/mol. The number of carbonyl (C=O) groups is 1. The summed E-state index contributed by atoms with van der Waals surface area (Å²) in [6.07, 6.45) is 0.766. The molecule has 0 radical (unpaired) electrons. The second-order valence-electron chi connectivity index (χ2n) is 4.71. The number of hydrogen-bond acceptors (Lipinski definition) is 4. The van der Waals surface area contributed by atoms with Gasteiger partial charge in [-0.2, -0.15) is 0 Å². The molecule has 18 heavy (non-hydrogen) atoms. The molecule has 100 valence electrons. The first-order chi connectivity index (χ1) is 8.45. The number of rotatable bonds is 5. The minimum absolute atomic E-state index is 0.0530. The van der Waals surface area contributed by atoms with Gasteiger partial charge in [0.2, 0.25) is 0 Å². The van der Waals surface area contributed by atoms with Crippen molar-refractivity contribution in [3.05, 3.63) is 23.8 Å². The Morgan fingerprint density at radius 3 is 2.61 bits per heavy atom. The van der Waals surface area contributed by atoms with Crippen molar-refractivity contribution in [2.24, 2.45) is 11.7 Å². The van der Waals surface area contributed by atoms with Crippen LogP contribution in [0.1, 0.15) is 30.6 Å². The van der Waals surface area contributed by atoms with Gasteiger partial charge in [0.1, 0.15) is 0 Å². The SMILES string of the molecule is CC(C)CC(CN)NC(=O)c1cccc(O)c1O. The van der Waals surface area contributed by atoms with Crippen molar-refractivity contribution in [2.75, 3.05) is 6.54 Å². The topological polar surface area (TPSA) is 95.6 Å². The molecule has 5 nitrogen and oxygen atoms in total. The van der Waals surface area contributed by atoms with Gasteiger partial charge in [0.05, 0.1) is 5.56 Å². The molecule has 0 aliphatic rings. The van der Waals surface area contributed by atoms with E-state index in [1.807, 2.05) is 13.8 Å². The number of nitrogens with one attached hydrogen (secondary N) is 1. The Balaban J connectivity index is 2.78. The Kier molecular flexibility index (Phi) is 4.97. The fourth-order valence-electron chi connectivity index (χ4n) is 1.76. The molecule has 1 amide bonds. The number of benzene rings is 1. The summed E-state index contributed by atoms with van der Waals surface area (Å²) in [4.78, 5) is 11.9. The van der Waals surface area contributed by atoms with E-state index in [1.165, 1.54) is 18.2 Å². The van der Waals surface area contributed by atoms with Gasteiger partial charge in [-0.05, 0) is 24.5 Å². The van der Waals surface area contributed by atoms with Gasteiger partial charge in [-0.1, -0.05) is 19.9 Å². The van der Waals surface area contributed by atoms with Crippen molar-refractivity contribution < 1.29 is 15.0 Å². The predicted molar refractivity (Wildman–Crippen MR) is 69.5 cm³/mol. The molecule has 0 aromatic heterocycles. The molecule has 0 saturated heterocycles. The molecular formula is C13H20N2O3. The van der Waals surface area contributed by atoms with Crippen molar-refractivity contribution in [2.45, 2.75) is 26.3 Å². The monoisotopic (exact) mass is 252 g/mol. The molecule has 1 unspecified atom stereocenters. The number of nitrogens with two attached hydrogens (primary N) is 1. The van der Waals surface area contributed by atoms with Gasteiger partial charge in [0.25, 0.3) is 5.91 Å². The Labute approximate surface area is 107 Å². The minimum atomic E-state index is -0.431. The summed E-state index contributed by atoms with van der Waals surface area (Å²) in [6, 6.07) is 4.14. The lowest BCUT2D eigenvalue weighted by Gasteiger charge is -2.19. The zero-order valence-corrected chi connectivity index (χ0v) is 10.7. The molecule has 0 aliphatic carbocycles. The lowest BCUT2D eigenvalue weighted by atomic mass is 10.0. The van der Waals surface area contributed by atoms with E-state index in [0.29, 0.717) is 12.5 Å². The average Bonchev–Trinajstić information content (AvgIpc) is 2.31. The van der Waals surface area contributed by atoms with Crippen LogP contribution < -0.4 is 11.1 Å². The summed E-state index contributed by atoms with van der Waals surface area (Å²) in [5.41, 5.74) is 5.64. The van der Waals surface area contributed by atoms with Crippen LogP contribution in [-0.2, 0) is 0 Å². The second kappa shape index (κ2) is 6.26. The summed E-state index contributed by atoms with van der Waals surface area (Å²) < 4.78 is 0. The molecule has 1 rings (SSSR count). The van der Waals surface area contributed by atoms with Gasteiger partial charge in [-0.25, -0.2) is 0 Å². The smallest absolute Gasteiger partial charge is 0.255 e. The second-order valence-corrected chi connectivity index (χ2v) is 4.71. The fraction of sp³-hybridized carbons (Fsp3) is 0.462. The molecule has 0 saturated carbocycles. The third kappa shape index (κ3) is 3.63. The first-order valence-corrected chi connectivity index (χ1v) is 5.97. The van der Waals surface area contributed by atoms with E-state index < -0.39 is 11.7 Å². The van der Waals surface area contributed by atoms with Crippen LogP contribution in [0.5, 0.6) is 11.5 Å². The van der Waals surface area contributed by atoms with Gasteiger partial charge in [-0.3, -0.25) is 4.79 Å². The molecule has 0 heterocycles. The van der Waals surface area contributed by atoms with E-state index in [9.17, 15) is 15.0 Å². The highest BCUT2D eigenvalue weighted by Crippen LogP contribution is 2.28. The van der Waals surface area contributed by atoms with E-state index in [-0.39, 0.29) is 17.4 Å². The van der Waals surface area contributed by atoms with E-state index in [2.05, 4.69) is 5.32 Å². The highest BCUT2D eigenvalue weighted by atomic mass is 16.3. The van der Waals surface area contributed by atoms with Gasteiger partial charge in [0.15, 0.2) is 11.5 Å². The quantitative estimate of drug-likeness (QED) is 0.592. The number of para-hydroxylation sites is 1. The zero-order valence-electron chi connectivity index (χ0n) is 10.7. The summed E-state index contributed by atoms with van der Waals surface area (Å²) in [5.74, 6) is -0.734. The lowest BCUT2D eigenvalue weighted by Crippen LogP contribution is -2.41. The van der Waals surface area contributed by atoms with Crippen molar-refractivity contribution in [1.82, 2.24) is 5.32 Å². The maximum atomic E-state index is 11.9. The molecule has 5 N–H and O–H groups in total. The van der Waals surface area contributed by atoms with Crippen molar-refractivity contribution >= 4 is 5.91 Å². The van der Waals surface area contributed by atoms with Crippen molar-refractivity contribution in [3.8, 4) is 11.5 Å². The third-order valence-electron chi connectivity index (χ3n) is 2.64. The number of aromatic hydroxyl groups is 2. The number of hydrogen-bond donors (Lipinski definition) is 4. The van der Waals surface area contributed by atoms with Crippen LogP contribution in [-0.4, -0.2) is 28.7 Å². The Bertz CT molecular complexity index is 419. The molecule has 1 aromatic carbocycles. The Hall–Kier alpha value is -1.75. The largest absolute Gasteiger partial charge is 0.504 e. The highest BCUT2D eigenvalue weighted by Gasteiger charge is 2.17. The molecule has 5 heteroatoms. The summed E-state index contributed by atoms with van der Waals surface area (Å²) in [5, 5.41) is 21.7. The van der Waals surface area contributed by atoms with E-state index in [4.69, 9.17) is 5.73 Å². The lowest BCUT2D eigenvalue weighted by molar-refractivity contribution is 0.0930. The van der Waals surface area contributed by atoms with Crippen molar-refractivity contribution in [3.63, 3.8) is 0 Å². The van der Waals surface area contributed by atoms with E-state index in [0.717, 1.165) is 6.42 Å². The maximum Gasteiger partial charge on any atom is 0.255 e. The molecule has 0 bridgehead atoms. The summed E-state index contributed by atoms with van der Waals surface area (Å²) in [7, 11) is 0. The normalized spacial score (nSPS) is 12.4. The van der Waals surface area contributed by atoms with Crippen LogP contribution >= 0.6 is 0 Å². The number of phenolic OH excluding ortho intramolecular Hbond substituents is 2. The number of phenols is 2. The Morgan fingerprint density at radius 2 is 2.06 bits per heavy atom. The van der Waals surface area contributed by atoms with Gasteiger partial charge < -0.3 is 21.3 Å². The molecule has 0 aliphatic heterocycles. The van der Waals surface area contributed by atoms with Gasteiger partial charge >= 0.3 is 0 Å². The van der Waals surface area contributed by atoms with E-state index >= 15 is 0 Å². The number of carbonyl (C=O) groups excluding carboxylic acids is 1. The molecule has 0 fully saturated rings. The van der Waals surface area contributed by atoms with Gasteiger partial charge in [-0.15, -0.1) is 0 Å². The molecule has 1 aromatic rings. The van der Waals surface area contributed by atoms with Crippen LogP contribution in [0.2, 0.25) is 0 Å².